The zero-order valence-electron chi connectivity index (χ0n) is 11.0. The lowest BCUT2D eigenvalue weighted by Crippen LogP contribution is -2.41. The van der Waals surface area contributed by atoms with E-state index in [1.54, 1.807) is 4.68 Å². The second-order valence-corrected chi connectivity index (χ2v) is 5.30. The van der Waals surface area contributed by atoms with Gasteiger partial charge in [0.1, 0.15) is 5.69 Å². The molecule has 2 rings (SSSR count). The molecule has 1 atom stereocenters. The minimum absolute atomic E-state index is 0.0643. The lowest BCUT2D eigenvalue weighted by molar-refractivity contribution is 0.0714. The van der Waals surface area contributed by atoms with Crippen molar-refractivity contribution in [3.05, 3.63) is 17.5 Å². The van der Waals surface area contributed by atoms with Crippen molar-refractivity contribution in [1.29, 1.82) is 0 Å². The molecular formula is C13H20ClN3O. The van der Waals surface area contributed by atoms with E-state index < -0.39 is 0 Å². The molecule has 0 spiro atoms. The Hall–Kier alpha value is -1.03. The summed E-state index contributed by atoms with van der Waals surface area (Å²) in [6, 6.07) is 1.91. The van der Waals surface area contributed by atoms with E-state index in [4.69, 9.17) is 11.6 Å². The fourth-order valence-electron chi connectivity index (χ4n) is 2.33. The van der Waals surface area contributed by atoms with Gasteiger partial charge in [0.05, 0.1) is 11.1 Å². The van der Waals surface area contributed by atoms with Crippen molar-refractivity contribution in [2.24, 2.45) is 0 Å². The van der Waals surface area contributed by atoms with Gasteiger partial charge in [-0.05, 0) is 32.3 Å². The fraction of sp³-hybridized carbons (Fsp3) is 0.692. The Bertz CT molecular complexity index is 430. The van der Waals surface area contributed by atoms with E-state index in [9.17, 15) is 4.79 Å². The van der Waals surface area contributed by atoms with Crippen molar-refractivity contribution in [3.8, 4) is 0 Å². The van der Waals surface area contributed by atoms with E-state index >= 15 is 0 Å². The number of nitrogens with zero attached hydrogens (tertiary/aromatic N) is 3. The first-order chi connectivity index (χ1) is 8.65. The van der Waals surface area contributed by atoms with Crippen LogP contribution in [-0.4, -0.2) is 39.1 Å². The molecule has 1 aromatic heterocycles. The summed E-state index contributed by atoms with van der Waals surface area (Å²) in [6.07, 6.45) is 2.84. The van der Waals surface area contributed by atoms with Crippen LogP contribution in [0.2, 0.25) is 0 Å². The Labute approximate surface area is 113 Å². The van der Waals surface area contributed by atoms with Crippen LogP contribution < -0.4 is 0 Å². The highest BCUT2D eigenvalue weighted by Gasteiger charge is 2.25. The summed E-state index contributed by atoms with van der Waals surface area (Å²) in [5.41, 5.74) is 1.67. The van der Waals surface area contributed by atoms with Crippen molar-refractivity contribution in [3.63, 3.8) is 0 Å². The van der Waals surface area contributed by atoms with E-state index in [1.165, 1.54) is 0 Å². The van der Waals surface area contributed by atoms with Gasteiger partial charge in [-0.15, -0.1) is 11.6 Å². The first kappa shape index (κ1) is 13.4. The summed E-state index contributed by atoms with van der Waals surface area (Å²) in [4.78, 5) is 14.3. The minimum atomic E-state index is 0.0643. The van der Waals surface area contributed by atoms with E-state index in [0.29, 0.717) is 12.2 Å². The number of carbonyl (C=O) groups excluding carboxylic acids is 1. The number of carbonyl (C=O) groups is 1. The molecule has 0 N–H and O–H groups in total. The topological polar surface area (TPSA) is 38.1 Å². The Balaban J connectivity index is 2.19. The van der Waals surface area contributed by atoms with Crippen LogP contribution in [0.4, 0.5) is 0 Å². The summed E-state index contributed by atoms with van der Waals surface area (Å²) in [6.45, 7) is 6.23. The molecule has 1 unspecified atom stereocenters. The van der Waals surface area contributed by atoms with Crippen LogP contribution in [0, 0.1) is 0 Å². The van der Waals surface area contributed by atoms with E-state index in [-0.39, 0.29) is 11.3 Å². The standard InChI is InChI=1S/C13H20ClN3O/c1-3-11-8-12(17(4-2)15-11)13(18)16-7-5-6-10(14)9-16/h8,10H,3-7,9H2,1-2H3. The molecule has 2 heterocycles. The molecular weight excluding hydrogens is 250 g/mol. The van der Waals surface area contributed by atoms with Gasteiger partial charge in [-0.25, -0.2) is 0 Å². The summed E-state index contributed by atoms with van der Waals surface area (Å²) in [7, 11) is 0. The van der Waals surface area contributed by atoms with Gasteiger partial charge in [-0.2, -0.15) is 5.10 Å². The van der Waals surface area contributed by atoms with Gasteiger partial charge in [0.2, 0.25) is 0 Å². The lowest BCUT2D eigenvalue weighted by Gasteiger charge is -2.29. The number of piperidine rings is 1. The smallest absolute Gasteiger partial charge is 0.272 e. The average molecular weight is 270 g/mol. The van der Waals surface area contributed by atoms with Gasteiger partial charge < -0.3 is 4.90 Å². The van der Waals surface area contributed by atoms with Crippen LogP contribution in [0.3, 0.4) is 0 Å². The Morgan fingerprint density at radius 1 is 1.56 bits per heavy atom. The number of alkyl halides is 1. The molecule has 1 aliphatic rings. The summed E-state index contributed by atoms with van der Waals surface area (Å²) >= 11 is 6.13. The largest absolute Gasteiger partial charge is 0.336 e. The minimum Gasteiger partial charge on any atom is -0.336 e. The molecule has 0 aliphatic carbocycles. The average Bonchev–Trinajstić information content (AvgIpc) is 2.81. The third kappa shape index (κ3) is 2.69. The first-order valence-corrected chi connectivity index (χ1v) is 7.09. The summed E-state index contributed by atoms with van der Waals surface area (Å²) in [5.74, 6) is 0.0643. The number of aromatic nitrogens is 2. The zero-order valence-corrected chi connectivity index (χ0v) is 11.8. The van der Waals surface area contributed by atoms with Crippen molar-refractivity contribution >= 4 is 17.5 Å². The second-order valence-electron chi connectivity index (χ2n) is 4.68. The van der Waals surface area contributed by atoms with Crippen LogP contribution in [0.25, 0.3) is 0 Å². The third-order valence-electron chi connectivity index (χ3n) is 3.36. The van der Waals surface area contributed by atoms with Crippen LogP contribution in [0.1, 0.15) is 42.9 Å². The third-order valence-corrected chi connectivity index (χ3v) is 3.72. The van der Waals surface area contributed by atoms with Crippen LogP contribution in [0.5, 0.6) is 0 Å². The molecule has 100 valence electrons. The van der Waals surface area contributed by atoms with Crippen LogP contribution in [-0.2, 0) is 13.0 Å². The quantitative estimate of drug-likeness (QED) is 0.790. The SMILES string of the molecule is CCc1cc(C(=O)N2CCCC(Cl)C2)n(CC)n1. The van der Waals surface area contributed by atoms with E-state index in [1.807, 2.05) is 24.8 Å². The predicted octanol–water partition coefficient (Wildman–Crippen LogP) is 2.31. The molecule has 0 aromatic carbocycles. The number of halogens is 1. The molecule has 1 amide bonds. The number of hydrogen-bond donors (Lipinski definition) is 0. The maximum absolute atomic E-state index is 12.5. The molecule has 0 bridgehead atoms. The van der Waals surface area contributed by atoms with Crippen LogP contribution >= 0.6 is 11.6 Å². The van der Waals surface area contributed by atoms with E-state index in [2.05, 4.69) is 5.10 Å². The highest BCUT2D eigenvalue weighted by atomic mass is 35.5. The molecule has 1 saturated heterocycles. The van der Waals surface area contributed by atoms with Crippen molar-refractivity contribution in [2.75, 3.05) is 13.1 Å². The maximum atomic E-state index is 12.5. The number of hydrogen-bond acceptors (Lipinski definition) is 2. The van der Waals surface area contributed by atoms with Gasteiger partial charge in [0.15, 0.2) is 0 Å². The number of rotatable bonds is 3. The van der Waals surface area contributed by atoms with E-state index in [0.717, 1.165) is 38.0 Å². The van der Waals surface area contributed by atoms with Gasteiger partial charge in [0.25, 0.3) is 5.91 Å². The van der Waals surface area contributed by atoms with Crippen molar-refractivity contribution in [2.45, 2.75) is 45.0 Å². The lowest BCUT2D eigenvalue weighted by atomic mass is 10.1. The Morgan fingerprint density at radius 2 is 2.33 bits per heavy atom. The molecule has 1 aliphatic heterocycles. The Kier molecular flexibility index (Phi) is 4.27. The van der Waals surface area contributed by atoms with Gasteiger partial charge in [-0.3, -0.25) is 9.48 Å². The predicted molar refractivity (Wildman–Crippen MR) is 72.1 cm³/mol. The Morgan fingerprint density at radius 3 is 2.94 bits per heavy atom. The molecule has 0 saturated carbocycles. The fourth-order valence-corrected chi connectivity index (χ4v) is 2.65. The molecule has 1 fully saturated rings. The highest BCUT2D eigenvalue weighted by molar-refractivity contribution is 6.21. The number of amides is 1. The molecule has 4 nitrogen and oxygen atoms in total. The monoisotopic (exact) mass is 269 g/mol. The normalized spacial score (nSPS) is 20.2. The molecule has 0 radical (unpaired) electrons. The summed E-state index contributed by atoms with van der Waals surface area (Å²) in [5, 5.41) is 4.51. The molecule has 1 aromatic rings. The van der Waals surface area contributed by atoms with Gasteiger partial charge >= 0.3 is 0 Å². The summed E-state index contributed by atoms with van der Waals surface area (Å²) < 4.78 is 1.79. The number of aryl methyl sites for hydroxylation is 2. The second kappa shape index (κ2) is 5.74. The molecule has 5 heteroatoms. The van der Waals surface area contributed by atoms with Gasteiger partial charge in [-0.1, -0.05) is 6.92 Å². The number of likely N-dealkylation sites (tertiary alicyclic amines) is 1. The van der Waals surface area contributed by atoms with Crippen molar-refractivity contribution in [1.82, 2.24) is 14.7 Å². The highest BCUT2D eigenvalue weighted by Crippen LogP contribution is 2.18. The van der Waals surface area contributed by atoms with Crippen molar-refractivity contribution < 1.29 is 4.79 Å². The molecule has 18 heavy (non-hydrogen) atoms. The zero-order chi connectivity index (χ0) is 13.1. The van der Waals surface area contributed by atoms with Gasteiger partial charge in [0, 0.05) is 19.6 Å². The maximum Gasteiger partial charge on any atom is 0.272 e. The van der Waals surface area contributed by atoms with Crippen LogP contribution in [0.15, 0.2) is 6.07 Å². The first-order valence-electron chi connectivity index (χ1n) is 6.65.